The quantitative estimate of drug-likeness (QED) is 0.623. The molecule has 1 aromatic heterocycles. The largest absolute Gasteiger partial charge is 0.325 e. The lowest BCUT2D eigenvalue weighted by Gasteiger charge is -2.10. The number of amides is 1. The summed E-state index contributed by atoms with van der Waals surface area (Å²) in [6.45, 7) is 1.96. The first-order valence-electron chi connectivity index (χ1n) is 8.00. The number of thioether (sulfide) groups is 1. The molecule has 2 heterocycles. The van der Waals surface area contributed by atoms with Crippen LogP contribution in [0.1, 0.15) is 13.3 Å². The Kier molecular flexibility index (Phi) is 4.79. The lowest BCUT2D eigenvalue weighted by Crippen LogP contribution is -2.15. The number of nitrogens with zero attached hydrogens (tertiary/aromatic N) is 1. The molecule has 0 bridgehead atoms. The molecule has 1 aliphatic heterocycles. The van der Waals surface area contributed by atoms with E-state index in [9.17, 15) is 13.2 Å². The Morgan fingerprint density at radius 1 is 1.26 bits per heavy atom. The van der Waals surface area contributed by atoms with Gasteiger partial charge in [-0.2, -0.15) is 0 Å². The highest BCUT2D eigenvalue weighted by Gasteiger charge is 2.23. The molecule has 0 saturated carbocycles. The molecule has 3 aromatic rings. The smallest absolute Gasteiger partial charge is 0.263 e. The number of hydrogen-bond acceptors (Lipinski definition) is 6. The van der Waals surface area contributed by atoms with E-state index in [-0.39, 0.29) is 21.2 Å². The van der Waals surface area contributed by atoms with Gasteiger partial charge in [-0.3, -0.25) is 9.52 Å². The monoisotopic (exact) mass is 439 g/mol. The standard InChI is InChI=1S/C17H14ClN3O3S3/c1-9-6-16(22)19-13-8-11(3-5-14(13)25-9)27(23,24)21-17-20-12-4-2-10(18)7-15(12)26-17/h2-5,7-9H,6H2,1H3,(H,19,22)(H,20,21). The van der Waals surface area contributed by atoms with E-state index >= 15 is 0 Å². The van der Waals surface area contributed by atoms with Crippen LogP contribution in [0.3, 0.4) is 0 Å². The molecule has 140 valence electrons. The molecule has 6 nitrogen and oxygen atoms in total. The highest BCUT2D eigenvalue weighted by molar-refractivity contribution is 8.00. The Morgan fingerprint density at radius 2 is 2.07 bits per heavy atom. The summed E-state index contributed by atoms with van der Waals surface area (Å²) in [5.41, 5.74) is 1.18. The lowest BCUT2D eigenvalue weighted by molar-refractivity contribution is -0.116. The number of carbonyl (C=O) groups is 1. The van der Waals surface area contributed by atoms with Crippen LogP contribution in [0.25, 0.3) is 10.2 Å². The third-order valence-corrected chi connectivity index (χ3v) is 7.72. The molecule has 1 unspecified atom stereocenters. The molecule has 1 atom stereocenters. The topological polar surface area (TPSA) is 88.2 Å². The minimum absolute atomic E-state index is 0.0639. The molecule has 2 aromatic carbocycles. The molecule has 0 spiro atoms. The maximum atomic E-state index is 12.8. The molecular weight excluding hydrogens is 426 g/mol. The highest BCUT2D eigenvalue weighted by atomic mass is 35.5. The van der Waals surface area contributed by atoms with Gasteiger partial charge in [0.15, 0.2) is 5.13 Å². The zero-order valence-corrected chi connectivity index (χ0v) is 17.2. The molecule has 0 aliphatic carbocycles. The Hall–Kier alpha value is -1.81. The average Bonchev–Trinajstić information content (AvgIpc) is 2.89. The predicted molar refractivity (Wildman–Crippen MR) is 110 cm³/mol. The zero-order chi connectivity index (χ0) is 19.2. The number of anilines is 2. The van der Waals surface area contributed by atoms with Gasteiger partial charge in [0, 0.05) is 21.6 Å². The van der Waals surface area contributed by atoms with Gasteiger partial charge in [-0.05, 0) is 36.4 Å². The van der Waals surface area contributed by atoms with Crippen LogP contribution in [0.15, 0.2) is 46.2 Å². The van der Waals surface area contributed by atoms with E-state index in [4.69, 9.17) is 11.6 Å². The van der Waals surface area contributed by atoms with Crippen molar-refractivity contribution in [3.8, 4) is 0 Å². The fourth-order valence-electron chi connectivity index (χ4n) is 2.71. The van der Waals surface area contributed by atoms with Crippen molar-refractivity contribution in [1.82, 2.24) is 4.98 Å². The fraction of sp³-hybridized carbons (Fsp3) is 0.176. The number of thiazole rings is 1. The van der Waals surface area contributed by atoms with E-state index in [0.717, 1.165) is 9.60 Å². The van der Waals surface area contributed by atoms with Crippen LogP contribution in [0.5, 0.6) is 0 Å². The average molecular weight is 440 g/mol. The number of aromatic nitrogens is 1. The molecule has 10 heteroatoms. The van der Waals surface area contributed by atoms with Gasteiger partial charge in [-0.1, -0.05) is 29.9 Å². The summed E-state index contributed by atoms with van der Waals surface area (Å²) in [6, 6.07) is 9.91. The number of carbonyl (C=O) groups excluding carboxylic acids is 1. The maximum absolute atomic E-state index is 12.8. The third-order valence-electron chi connectivity index (χ3n) is 3.91. The van der Waals surface area contributed by atoms with Gasteiger partial charge in [0.2, 0.25) is 5.91 Å². The SMILES string of the molecule is CC1CC(=O)Nc2cc(S(=O)(=O)Nc3nc4ccc(Cl)cc4s3)ccc2S1. The van der Waals surface area contributed by atoms with E-state index in [2.05, 4.69) is 15.0 Å². The molecule has 0 radical (unpaired) electrons. The van der Waals surface area contributed by atoms with Gasteiger partial charge in [-0.25, -0.2) is 13.4 Å². The van der Waals surface area contributed by atoms with E-state index in [1.807, 2.05) is 6.92 Å². The van der Waals surface area contributed by atoms with Crippen molar-refractivity contribution in [2.24, 2.45) is 0 Å². The number of benzene rings is 2. The first kappa shape index (κ1) is 18.5. The van der Waals surface area contributed by atoms with E-state index in [1.165, 1.54) is 23.5 Å². The van der Waals surface area contributed by atoms with E-state index in [0.29, 0.717) is 22.6 Å². The molecule has 0 fully saturated rings. The van der Waals surface area contributed by atoms with Crippen molar-refractivity contribution >= 4 is 71.7 Å². The van der Waals surface area contributed by atoms with Crippen molar-refractivity contribution in [2.45, 2.75) is 28.4 Å². The zero-order valence-electron chi connectivity index (χ0n) is 14.0. The van der Waals surface area contributed by atoms with Crippen molar-refractivity contribution in [3.05, 3.63) is 41.4 Å². The first-order valence-corrected chi connectivity index (χ1v) is 11.6. The minimum Gasteiger partial charge on any atom is -0.325 e. The van der Waals surface area contributed by atoms with Crippen LogP contribution in [-0.4, -0.2) is 24.6 Å². The van der Waals surface area contributed by atoms with Crippen LogP contribution >= 0.6 is 34.7 Å². The van der Waals surface area contributed by atoms with Gasteiger partial charge >= 0.3 is 0 Å². The van der Waals surface area contributed by atoms with Gasteiger partial charge < -0.3 is 5.32 Å². The van der Waals surface area contributed by atoms with Crippen LogP contribution < -0.4 is 10.0 Å². The number of rotatable bonds is 3. The van der Waals surface area contributed by atoms with Crippen molar-refractivity contribution < 1.29 is 13.2 Å². The summed E-state index contributed by atoms with van der Waals surface area (Å²) < 4.78 is 28.8. The van der Waals surface area contributed by atoms with E-state index < -0.39 is 10.0 Å². The number of fused-ring (bicyclic) bond motifs is 2. The Balaban J connectivity index is 1.66. The first-order chi connectivity index (χ1) is 12.8. The van der Waals surface area contributed by atoms with Gasteiger partial charge in [-0.15, -0.1) is 11.8 Å². The number of hydrogen-bond donors (Lipinski definition) is 2. The Bertz CT molecular complexity index is 1160. The fourth-order valence-corrected chi connectivity index (χ4v) is 6.17. The van der Waals surface area contributed by atoms with Gasteiger partial charge in [0.25, 0.3) is 10.0 Å². The summed E-state index contributed by atoms with van der Waals surface area (Å²) in [7, 11) is -3.84. The Labute approximate surface area is 169 Å². The minimum atomic E-state index is -3.84. The van der Waals surface area contributed by atoms with E-state index in [1.54, 1.807) is 36.0 Å². The maximum Gasteiger partial charge on any atom is 0.263 e. The molecule has 1 amide bonds. The summed E-state index contributed by atoms with van der Waals surface area (Å²) in [6.07, 6.45) is 0.383. The van der Waals surface area contributed by atoms with Crippen LogP contribution in [0.4, 0.5) is 10.8 Å². The van der Waals surface area contributed by atoms with Crippen molar-refractivity contribution in [1.29, 1.82) is 0 Å². The third kappa shape index (κ3) is 3.91. The Morgan fingerprint density at radius 3 is 2.89 bits per heavy atom. The summed E-state index contributed by atoms with van der Waals surface area (Å²) in [5.74, 6) is -0.126. The normalized spacial score (nSPS) is 17.3. The molecule has 0 saturated heterocycles. The van der Waals surface area contributed by atoms with Crippen LogP contribution in [0.2, 0.25) is 5.02 Å². The second-order valence-electron chi connectivity index (χ2n) is 6.08. The van der Waals surface area contributed by atoms with Gasteiger partial charge in [0.1, 0.15) is 0 Å². The summed E-state index contributed by atoms with van der Waals surface area (Å²) in [4.78, 5) is 17.1. The molecule has 2 N–H and O–H groups in total. The van der Waals surface area contributed by atoms with Gasteiger partial charge in [0.05, 0.1) is 20.8 Å². The van der Waals surface area contributed by atoms with Crippen molar-refractivity contribution in [3.63, 3.8) is 0 Å². The molecule has 1 aliphatic rings. The number of halogens is 1. The lowest BCUT2D eigenvalue weighted by atomic mass is 10.3. The van der Waals surface area contributed by atoms with Crippen LogP contribution in [0, 0.1) is 0 Å². The van der Waals surface area contributed by atoms with Crippen molar-refractivity contribution in [2.75, 3.05) is 10.0 Å². The molecule has 4 rings (SSSR count). The predicted octanol–water partition coefficient (Wildman–Crippen LogP) is 4.57. The highest BCUT2D eigenvalue weighted by Crippen LogP contribution is 2.37. The number of nitrogens with one attached hydrogen (secondary N) is 2. The summed E-state index contributed by atoms with van der Waals surface area (Å²) >= 11 is 8.71. The molecule has 27 heavy (non-hydrogen) atoms. The second kappa shape index (κ2) is 6.97. The second-order valence-corrected chi connectivity index (χ2v) is 10.7. The summed E-state index contributed by atoms with van der Waals surface area (Å²) in [5, 5.41) is 3.73. The van der Waals surface area contributed by atoms with Crippen LogP contribution in [-0.2, 0) is 14.8 Å². The number of sulfonamides is 1. The molecular formula is C17H14ClN3O3S3.